The molecule has 0 bridgehead atoms. The molecule has 2 aromatic heterocycles. The monoisotopic (exact) mass is 379 g/mol. The Morgan fingerprint density at radius 1 is 1.42 bits per heavy atom. The number of aromatic nitrogens is 2. The van der Waals surface area contributed by atoms with Gasteiger partial charge in [0.2, 0.25) is 0 Å². The molecule has 1 aliphatic rings. The van der Waals surface area contributed by atoms with Crippen LogP contribution in [-0.2, 0) is 11.3 Å². The smallest absolute Gasteiger partial charge is 0.348 e. The van der Waals surface area contributed by atoms with Crippen LogP contribution in [0.5, 0.6) is 0 Å². The molecule has 142 valence electrons. The molecule has 0 spiro atoms. The Labute approximate surface area is 156 Å². The SMILES string of the molecule is Cc1c(C(=O)OC(C)C)sc2nc(CN(CC(C)O)C3CC3)[nH]c(=O)c12. The molecule has 0 aromatic carbocycles. The number of carbonyl (C=O) groups is 1. The number of aromatic amines is 1. The lowest BCUT2D eigenvalue weighted by molar-refractivity contribution is 0.0383. The maximum Gasteiger partial charge on any atom is 0.348 e. The fourth-order valence-electron chi connectivity index (χ4n) is 3.04. The van der Waals surface area contributed by atoms with E-state index >= 15 is 0 Å². The highest BCUT2D eigenvalue weighted by Crippen LogP contribution is 2.30. The molecule has 26 heavy (non-hydrogen) atoms. The van der Waals surface area contributed by atoms with E-state index in [0.29, 0.717) is 45.6 Å². The molecule has 3 rings (SSSR count). The van der Waals surface area contributed by atoms with Gasteiger partial charge in [-0.1, -0.05) is 0 Å². The van der Waals surface area contributed by atoms with Gasteiger partial charge >= 0.3 is 5.97 Å². The summed E-state index contributed by atoms with van der Waals surface area (Å²) in [4.78, 5) is 35.3. The molecule has 1 aliphatic carbocycles. The highest BCUT2D eigenvalue weighted by atomic mass is 32.1. The first-order valence-electron chi connectivity index (χ1n) is 8.91. The van der Waals surface area contributed by atoms with E-state index in [2.05, 4.69) is 14.9 Å². The van der Waals surface area contributed by atoms with Gasteiger partial charge in [-0.15, -0.1) is 11.3 Å². The molecule has 2 heterocycles. The first-order valence-corrected chi connectivity index (χ1v) is 9.73. The molecule has 1 saturated carbocycles. The Hall–Kier alpha value is -1.77. The topological polar surface area (TPSA) is 95.5 Å². The van der Waals surface area contributed by atoms with Crippen LogP contribution in [-0.4, -0.2) is 50.7 Å². The number of nitrogens with zero attached hydrogens (tertiary/aromatic N) is 2. The van der Waals surface area contributed by atoms with E-state index in [4.69, 9.17) is 4.74 Å². The van der Waals surface area contributed by atoms with E-state index in [1.54, 1.807) is 27.7 Å². The predicted octanol–water partition coefficient (Wildman–Crippen LogP) is 2.20. The molecule has 0 radical (unpaired) electrons. The van der Waals surface area contributed by atoms with E-state index in [1.807, 2.05) is 0 Å². The number of carbonyl (C=O) groups excluding carboxylic acids is 1. The van der Waals surface area contributed by atoms with Crippen molar-refractivity contribution in [2.75, 3.05) is 6.54 Å². The summed E-state index contributed by atoms with van der Waals surface area (Å²) in [5.74, 6) is 0.134. The van der Waals surface area contributed by atoms with Gasteiger partial charge in [0.1, 0.15) is 15.5 Å². The molecule has 1 unspecified atom stereocenters. The Morgan fingerprint density at radius 2 is 2.12 bits per heavy atom. The number of hydrogen-bond acceptors (Lipinski definition) is 7. The van der Waals surface area contributed by atoms with Crippen LogP contribution in [0.1, 0.15) is 54.7 Å². The quantitative estimate of drug-likeness (QED) is 0.716. The van der Waals surface area contributed by atoms with E-state index in [-0.39, 0.29) is 11.7 Å². The summed E-state index contributed by atoms with van der Waals surface area (Å²) in [5, 5.41) is 10.1. The molecule has 1 atom stereocenters. The van der Waals surface area contributed by atoms with Gasteiger partial charge in [-0.2, -0.15) is 0 Å². The van der Waals surface area contributed by atoms with Crippen molar-refractivity contribution in [3.63, 3.8) is 0 Å². The highest BCUT2D eigenvalue weighted by Gasteiger charge is 2.30. The lowest BCUT2D eigenvalue weighted by Crippen LogP contribution is -2.33. The predicted molar refractivity (Wildman–Crippen MR) is 101 cm³/mol. The maximum absolute atomic E-state index is 12.6. The standard InChI is InChI=1S/C18H25N3O4S/c1-9(2)25-18(24)15-11(4)14-16(23)19-13(20-17(14)26-15)8-21(7-10(3)22)12-5-6-12/h9-10,12,22H,5-8H2,1-4H3,(H,19,20,23). The largest absolute Gasteiger partial charge is 0.459 e. The number of ether oxygens (including phenoxy) is 1. The average Bonchev–Trinajstić information content (AvgIpc) is 3.30. The molecule has 1 fully saturated rings. The molecule has 0 aliphatic heterocycles. The van der Waals surface area contributed by atoms with Crippen LogP contribution in [0.2, 0.25) is 0 Å². The number of hydrogen-bond donors (Lipinski definition) is 2. The van der Waals surface area contributed by atoms with Crippen molar-refractivity contribution in [3.05, 3.63) is 26.6 Å². The van der Waals surface area contributed by atoms with Crippen molar-refractivity contribution in [3.8, 4) is 0 Å². The lowest BCUT2D eigenvalue weighted by Gasteiger charge is -2.22. The van der Waals surface area contributed by atoms with Crippen molar-refractivity contribution in [1.29, 1.82) is 0 Å². The zero-order valence-electron chi connectivity index (χ0n) is 15.5. The number of aryl methyl sites for hydroxylation is 1. The molecule has 0 saturated heterocycles. The van der Waals surface area contributed by atoms with Crippen LogP contribution < -0.4 is 5.56 Å². The summed E-state index contributed by atoms with van der Waals surface area (Å²) in [6.07, 6.45) is 1.54. The molecule has 8 heteroatoms. The number of H-pyrrole nitrogens is 1. The zero-order valence-corrected chi connectivity index (χ0v) is 16.4. The average molecular weight is 379 g/mol. The second kappa shape index (κ2) is 7.46. The Bertz CT molecular complexity index is 867. The Morgan fingerprint density at radius 3 is 2.69 bits per heavy atom. The number of aliphatic hydroxyl groups is 1. The third-order valence-corrected chi connectivity index (χ3v) is 5.46. The van der Waals surface area contributed by atoms with Crippen molar-refractivity contribution >= 4 is 27.5 Å². The second-order valence-corrected chi connectivity index (χ2v) is 8.21. The highest BCUT2D eigenvalue weighted by molar-refractivity contribution is 7.20. The number of esters is 1. The van der Waals surface area contributed by atoms with Crippen molar-refractivity contribution in [1.82, 2.24) is 14.9 Å². The normalized spacial score (nSPS) is 15.8. The number of nitrogens with one attached hydrogen (secondary N) is 1. The molecular formula is C18H25N3O4S. The van der Waals surface area contributed by atoms with Gasteiger partial charge in [0, 0.05) is 12.6 Å². The van der Waals surface area contributed by atoms with Crippen LogP contribution in [0.3, 0.4) is 0 Å². The van der Waals surface area contributed by atoms with Gasteiger partial charge in [-0.05, 0) is 46.1 Å². The van der Waals surface area contributed by atoms with Gasteiger partial charge in [0.15, 0.2) is 0 Å². The first kappa shape index (κ1) is 19.0. The molecule has 2 aromatic rings. The Balaban J connectivity index is 1.92. The third-order valence-electron chi connectivity index (χ3n) is 4.29. The molecule has 2 N–H and O–H groups in total. The minimum atomic E-state index is -0.438. The van der Waals surface area contributed by atoms with Crippen LogP contribution in [0.4, 0.5) is 0 Å². The van der Waals surface area contributed by atoms with Gasteiger partial charge < -0.3 is 14.8 Å². The van der Waals surface area contributed by atoms with E-state index in [1.165, 1.54) is 11.3 Å². The van der Waals surface area contributed by atoms with Crippen LogP contribution >= 0.6 is 11.3 Å². The van der Waals surface area contributed by atoms with Gasteiger partial charge in [0.25, 0.3) is 5.56 Å². The minimum absolute atomic E-state index is 0.221. The van der Waals surface area contributed by atoms with Crippen molar-refractivity contribution in [2.45, 2.75) is 65.3 Å². The molecular weight excluding hydrogens is 354 g/mol. The Kier molecular flexibility index (Phi) is 5.45. The number of rotatable bonds is 7. The fourth-order valence-corrected chi connectivity index (χ4v) is 4.12. The van der Waals surface area contributed by atoms with Crippen molar-refractivity contribution in [2.24, 2.45) is 0 Å². The third kappa shape index (κ3) is 4.13. The van der Waals surface area contributed by atoms with E-state index in [0.717, 1.165) is 12.8 Å². The molecule has 7 nitrogen and oxygen atoms in total. The number of fused-ring (bicyclic) bond motifs is 1. The lowest BCUT2D eigenvalue weighted by atomic mass is 10.2. The van der Waals surface area contributed by atoms with E-state index in [9.17, 15) is 14.7 Å². The zero-order chi connectivity index (χ0) is 19.0. The summed E-state index contributed by atoms with van der Waals surface area (Å²) in [7, 11) is 0. The second-order valence-electron chi connectivity index (χ2n) is 7.21. The summed E-state index contributed by atoms with van der Waals surface area (Å²) < 4.78 is 5.26. The maximum atomic E-state index is 12.6. The summed E-state index contributed by atoms with van der Waals surface area (Å²) in [6.45, 7) is 8.10. The fraction of sp³-hybridized carbons (Fsp3) is 0.611. The van der Waals surface area contributed by atoms with Crippen LogP contribution in [0.25, 0.3) is 10.2 Å². The van der Waals surface area contributed by atoms with Gasteiger partial charge in [-0.25, -0.2) is 9.78 Å². The van der Waals surface area contributed by atoms with Crippen LogP contribution in [0, 0.1) is 6.92 Å². The summed E-state index contributed by atoms with van der Waals surface area (Å²) >= 11 is 1.19. The van der Waals surface area contributed by atoms with Gasteiger partial charge in [-0.3, -0.25) is 9.69 Å². The summed E-state index contributed by atoms with van der Waals surface area (Å²) in [6, 6.07) is 0.437. The van der Waals surface area contributed by atoms with Crippen LogP contribution in [0.15, 0.2) is 4.79 Å². The first-order chi connectivity index (χ1) is 12.3. The number of thiophene rings is 1. The minimum Gasteiger partial charge on any atom is -0.459 e. The summed E-state index contributed by atoms with van der Waals surface area (Å²) in [5.41, 5.74) is 0.370. The molecule has 0 amide bonds. The number of aliphatic hydroxyl groups excluding tert-OH is 1. The van der Waals surface area contributed by atoms with Gasteiger partial charge in [0.05, 0.1) is 24.1 Å². The van der Waals surface area contributed by atoms with Crippen molar-refractivity contribution < 1.29 is 14.6 Å². The van der Waals surface area contributed by atoms with E-state index < -0.39 is 12.1 Å².